The lowest BCUT2D eigenvalue weighted by Gasteiger charge is -2.11. The molecule has 27 heavy (non-hydrogen) atoms. The van der Waals surface area contributed by atoms with Gasteiger partial charge in [0.1, 0.15) is 5.52 Å². The Kier molecular flexibility index (Phi) is 5.04. The maximum atomic E-state index is 12.9. The van der Waals surface area contributed by atoms with Crippen LogP contribution in [0.15, 0.2) is 42.7 Å². The lowest BCUT2D eigenvalue weighted by atomic mass is 10.1. The number of hydrogen-bond acceptors (Lipinski definition) is 3. The van der Waals surface area contributed by atoms with Crippen LogP contribution in [-0.2, 0) is 22.3 Å². The highest BCUT2D eigenvalue weighted by Gasteiger charge is 2.33. The number of carbonyl (C=O) groups is 2. The first-order chi connectivity index (χ1) is 12.8. The predicted octanol–water partition coefficient (Wildman–Crippen LogP) is 3.49. The molecule has 0 aliphatic rings. The first kappa shape index (κ1) is 18.7. The van der Waals surface area contributed by atoms with Crippen LogP contribution < -0.4 is 10.6 Å². The van der Waals surface area contributed by atoms with Crippen LogP contribution in [0.4, 0.5) is 18.9 Å². The number of hydrogen-bond donors (Lipinski definition) is 3. The van der Waals surface area contributed by atoms with Crippen molar-refractivity contribution in [1.29, 1.82) is 0 Å². The number of H-pyrrole nitrogens is 1. The van der Waals surface area contributed by atoms with Crippen molar-refractivity contribution in [1.82, 2.24) is 15.3 Å². The Hall–Kier alpha value is -3.07. The number of pyridine rings is 1. The second-order valence-electron chi connectivity index (χ2n) is 5.55. The molecule has 2 heterocycles. The minimum Gasteiger partial charge on any atom is -0.358 e. The summed E-state index contributed by atoms with van der Waals surface area (Å²) in [7, 11) is 0. The molecular weight excluding hydrogens is 385 g/mol. The van der Waals surface area contributed by atoms with Crippen molar-refractivity contribution >= 4 is 40.1 Å². The number of carbonyl (C=O) groups excluding carboxylic acids is 2. The Morgan fingerprint density at radius 2 is 1.96 bits per heavy atom. The van der Waals surface area contributed by atoms with Gasteiger partial charge in [-0.1, -0.05) is 17.7 Å². The molecule has 0 radical (unpaired) electrons. The van der Waals surface area contributed by atoms with Gasteiger partial charge in [-0.25, -0.2) is 0 Å². The third kappa shape index (κ3) is 4.20. The van der Waals surface area contributed by atoms with Crippen LogP contribution in [0.1, 0.15) is 11.1 Å². The number of amides is 2. The van der Waals surface area contributed by atoms with Gasteiger partial charge >= 0.3 is 18.0 Å². The van der Waals surface area contributed by atoms with E-state index in [2.05, 4.69) is 20.6 Å². The van der Waals surface area contributed by atoms with Gasteiger partial charge in [0.25, 0.3) is 0 Å². The summed E-state index contributed by atoms with van der Waals surface area (Å²) in [5.74, 6) is -1.96. The van der Waals surface area contributed by atoms with E-state index in [0.29, 0.717) is 16.7 Å². The van der Waals surface area contributed by atoms with Crippen molar-refractivity contribution in [3.63, 3.8) is 0 Å². The van der Waals surface area contributed by atoms with E-state index >= 15 is 0 Å². The molecule has 0 fully saturated rings. The van der Waals surface area contributed by atoms with Crippen molar-refractivity contribution < 1.29 is 22.8 Å². The van der Waals surface area contributed by atoms with Crippen LogP contribution in [0, 0.1) is 0 Å². The zero-order valence-electron chi connectivity index (χ0n) is 13.5. The Bertz CT molecular complexity index is 1020. The third-order valence-electron chi connectivity index (χ3n) is 3.68. The summed E-state index contributed by atoms with van der Waals surface area (Å²) in [6.07, 6.45) is -1.60. The second-order valence-corrected chi connectivity index (χ2v) is 5.96. The van der Waals surface area contributed by atoms with Crippen molar-refractivity contribution in [3.05, 3.63) is 58.9 Å². The van der Waals surface area contributed by atoms with Crippen molar-refractivity contribution in [2.24, 2.45) is 0 Å². The number of nitrogens with zero attached hydrogens (tertiary/aromatic N) is 1. The normalized spacial score (nSPS) is 11.4. The molecule has 0 aliphatic carbocycles. The lowest BCUT2D eigenvalue weighted by Crippen LogP contribution is -2.35. The summed E-state index contributed by atoms with van der Waals surface area (Å²) in [4.78, 5) is 30.9. The molecule has 0 bridgehead atoms. The Balaban J connectivity index is 1.65. The average molecular weight is 397 g/mol. The summed E-state index contributed by atoms with van der Waals surface area (Å²) >= 11 is 5.54. The quantitative estimate of drug-likeness (QED) is 0.592. The maximum Gasteiger partial charge on any atom is 0.417 e. The number of halogens is 4. The highest BCUT2D eigenvalue weighted by Crippen LogP contribution is 2.35. The van der Waals surface area contributed by atoms with Crippen LogP contribution in [0.25, 0.3) is 11.0 Å². The molecule has 2 aromatic heterocycles. The topological polar surface area (TPSA) is 86.9 Å². The van der Waals surface area contributed by atoms with E-state index in [1.807, 2.05) is 0 Å². The summed E-state index contributed by atoms with van der Waals surface area (Å²) in [5.41, 5.74) is 0.615. The number of nitrogens with one attached hydrogen (secondary N) is 3. The van der Waals surface area contributed by atoms with E-state index < -0.39 is 28.6 Å². The number of anilines is 1. The standard InChI is InChI=1S/C17H12ClF3N4O2/c18-11-4-3-9(6-10(11)17(19,20)21)7-24-15(26)16(27)25-13-8-23-12-2-1-5-22-14(12)13/h1-6,8,23H,7H2,(H,24,26)(H,25,27). The average Bonchev–Trinajstić information content (AvgIpc) is 3.03. The number of fused-ring (bicyclic) bond motifs is 1. The van der Waals surface area contributed by atoms with Crippen molar-refractivity contribution in [2.45, 2.75) is 12.7 Å². The predicted molar refractivity (Wildman–Crippen MR) is 93.0 cm³/mol. The molecule has 2 amide bonds. The minimum absolute atomic E-state index is 0.154. The molecule has 10 heteroatoms. The van der Waals surface area contributed by atoms with Gasteiger partial charge in [0, 0.05) is 18.9 Å². The van der Waals surface area contributed by atoms with E-state index in [9.17, 15) is 22.8 Å². The monoisotopic (exact) mass is 396 g/mol. The first-order valence-electron chi connectivity index (χ1n) is 7.62. The molecule has 3 N–H and O–H groups in total. The highest BCUT2D eigenvalue weighted by molar-refractivity contribution is 6.40. The zero-order valence-corrected chi connectivity index (χ0v) is 14.3. The van der Waals surface area contributed by atoms with E-state index in [1.165, 1.54) is 18.5 Å². The third-order valence-corrected chi connectivity index (χ3v) is 4.01. The van der Waals surface area contributed by atoms with Crippen LogP contribution in [-0.4, -0.2) is 21.8 Å². The van der Waals surface area contributed by atoms with Gasteiger partial charge in [0.15, 0.2) is 0 Å². The van der Waals surface area contributed by atoms with Gasteiger partial charge in [-0.3, -0.25) is 14.6 Å². The minimum atomic E-state index is -4.61. The van der Waals surface area contributed by atoms with Crippen molar-refractivity contribution in [3.8, 4) is 0 Å². The summed E-state index contributed by atoms with van der Waals surface area (Å²) < 4.78 is 38.6. The molecular formula is C17H12ClF3N4O2. The van der Waals surface area contributed by atoms with E-state index in [0.717, 1.165) is 12.1 Å². The summed E-state index contributed by atoms with van der Waals surface area (Å²) in [6, 6.07) is 6.70. The van der Waals surface area contributed by atoms with Gasteiger partial charge in [-0.2, -0.15) is 13.2 Å². The molecule has 3 aromatic rings. The van der Waals surface area contributed by atoms with Crippen molar-refractivity contribution in [2.75, 3.05) is 5.32 Å². The molecule has 0 saturated heterocycles. The lowest BCUT2D eigenvalue weighted by molar-refractivity contribution is -0.137. The molecule has 3 rings (SSSR count). The fraction of sp³-hybridized carbons (Fsp3) is 0.118. The largest absolute Gasteiger partial charge is 0.417 e. The number of benzene rings is 1. The summed E-state index contributed by atoms with van der Waals surface area (Å²) in [5, 5.41) is 4.22. The van der Waals surface area contributed by atoms with Crippen LogP contribution >= 0.6 is 11.6 Å². The van der Waals surface area contributed by atoms with E-state index in [-0.39, 0.29) is 12.1 Å². The zero-order chi connectivity index (χ0) is 19.6. The first-order valence-corrected chi connectivity index (χ1v) is 8.00. The van der Waals surface area contributed by atoms with Gasteiger partial charge in [0.2, 0.25) is 0 Å². The Morgan fingerprint density at radius 1 is 1.19 bits per heavy atom. The van der Waals surface area contributed by atoms with Gasteiger partial charge < -0.3 is 15.6 Å². The Labute approximate surface area is 155 Å². The SMILES string of the molecule is O=C(NCc1ccc(Cl)c(C(F)(F)F)c1)C(=O)Nc1c[nH]c2cccnc12. The Morgan fingerprint density at radius 3 is 2.70 bits per heavy atom. The maximum absolute atomic E-state index is 12.9. The van der Waals surface area contributed by atoms with Crippen LogP contribution in [0.2, 0.25) is 5.02 Å². The molecule has 1 aromatic carbocycles. The highest BCUT2D eigenvalue weighted by atomic mass is 35.5. The van der Waals surface area contributed by atoms with Gasteiger partial charge in [0.05, 0.1) is 21.8 Å². The molecule has 0 saturated carbocycles. The molecule has 140 valence electrons. The van der Waals surface area contributed by atoms with Gasteiger partial charge in [-0.15, -0.1) is 0 Å². The number of aromatic amines is 1. The second kappa shape index (κ2) is 7.28. The fourth-order valence-electron chi connectivity index (χ4n) is 2.39. The van der Waals surface area contributed by atoms with E-state index in [4.69, 9.17) is 11.6 Å². The molecule has 0 atom stereocenters. The summed E-state index contributed by atoms with van der Waals surface area (Å²) in [6.45, 7) is -0.265. The molecule has 0 aliphatic heterocycles. The van der Waals surface area contributed by atoms with E-state index in [1.54, 1.807) is 12.1 Å². The number of rotatable bonds is 3. The number of aromatic nitrogens is 2. The number of alkyl halides is 3. The van der Waals surface area contributed by atoms with Crippen LogP contribution in [0.3, 0.4) is 0 Å². The smallest absolute Gasteiger partial charge is 0.358 e. The van der Waals surface area contributed by atoms with Crippen LogP contribution in [0.5, 0.6) is 0 Å². The molecule has 0 unspecified atom stereocenters. The molecule has 0 spiro atoms. The van der Waals surface area contributed by atoms with Gasteiger partial charge in [-0.05, 0) is 29.8 Å². The molecule has 6 nitrogen and oxygen atoms in total. The fourth-order valence-corrected chi connectivity index (χ4v) is 2.62.